The molecule has 0 radical (unpaired) electrons. The number of benzene rings is 10. The fraction of sp³-hybridized carbons (Fsp3) is 0.0164. The zero-order chi connectivity index (χ0) is 41.7. The Morgan fingerprint density at radius 1 is 0.302 bits per heavy atom. The van der Waals surface area contributed by atoms with Crippen molar-refractivity contribution in [1.82, 2.24) is 0 Å². The molecular weight excluding hydrogens is 763 g/mol. The maximum atomic E-state index is 7.31. The van der Waals surface area contributed by atoms with E-state index in [1.807, 2.05) is 0 Å². The van der Waals surface area contributed by atoms with Crippen LogP contribution in [0.2, 0.25) is 0 Å². The summed E-state index contributed by atoms with van der Waals surface area (Å²) in [5, 5.41) is 0. The van der Waals surface area contributed by atoms with Crippen molar-refractivity contribution >= 4 is 17.1 Å². The SMILES string of the molecule is c1ccc(-c2ccc(N(c3ccc4c(c3)C(c3ccccc3)(c3ccccc3)c3ccccc3-4)c3cccc4c3Oc3ccc(-c5ccccc5)cc3-c3ccccc3-4)cc2)cc1. The Bertz CT molecular complexity index is 3250. The van der Waals surface area contributed by atoms with E-state index >= 15 is 0 Å². The fourth-order valence-electron chi connectivity index (χ4n) is 10.2. The van der Waals surface area contributed by atoms with Gasteiger partial charge in [0.25, 0.3) is 0 Å². The van der Waals surface area contributed by atoms with E-state index in [0.29, 0.717) is 0 Å². The molecule has 0 unspecified atom stereocenters. The lowest BCUT2D eigenvalue weighted by Crippen LogP contribution is -2.28. The summed E-state index contributed by atoms with van der Waals surface area (Å²) in [5.41, 5.74) is 19.0. The molecule has 0 saturated heterocycles. The Hall–Kier alpha value is -8.20. The molecule has 10 aromatic rings. The first-order chi connectivity index (χ1) is 31.3. The molecule has 2 heteroatoms. The number of anilines is 3. The second-order valence-electron chi connectivity index (χ2n) is 16.4. The molecule has 10 aromatic carbocycles. The molecule has 0 atom stereocenters. The third-order valence-electron chi connectivity index (χ3n) is 13.0. The molecule has 1 aliphatic heterocycles. The molecule has 0 amide bonds. The van der Waals surface area contributed by atoms with Crippen LogP contribution in [0.3, 0.4) is 0 Å². The van der Waals surface area contributed by atoms with Gasteiger partial charge in [-0.2, -0.15) is 0 Å². The van der Waals surface area contributed by atoms with E-state index in [9.17, 15) is 0 Å². The number of hydrogen-bond acceptors (Lipinski definition) is 2. The third kappa shape index (κ3) is 5.95. The summed E-state index contributed by atoms with van der Waals surface area (Å²) in [6.07, 6.45) is 0. The van der Waals surface area contributed by atoms with Gasteiger partial charge in [-0.15, -0.1) is 0 Å². The second-order valence-corrected chi connectivity index (χ2v) is 16.4. The van der Waals surface area contributed by atoms with Crippen molar-refractivity contribution in [3.63, 3.8) is 0 Å². The van der Waals surface area contributed by atoms with Crippen LogP contribution in [0.15, 0.2) is 249 Å². The number of rotatable bonds is 7. The Morgan fingerprint density at radius 3 is 1.46 bits per heavy atom. The lowest BCUT2D eigenvalue weighted by Gasteiger charge is -2.35. The van der Waals surface area contributed by atoms with Gasteiger partial charge in [-0.25, -0.2) is 0 Å². The van der Waals surface area contributed by atoms with Gasteiger partial charge < -0.3 is 9.64 Å². The Labute approximate surface area is 368 Å². The van der Waals surface area contributed by atoms with Crippen LogP contribution in [-0.2, 0) is 5.41 Å². The summed E-state index contributed by atoms with van der Waals surface area (Å²) in [4.78, 5) is 2.39. The summed E-state index contributed by atoms with van der Waals surface area (Å²) >= 11 is 0. The van der Waals surface area contributed by atoms with Crippen LogP contribution in [-0.4, -0.2) is 0 Å². The van der Waals surface area contributed by atoms with Crippen molar-refractivity contribution in [3.05, 3.63) is 271 Å². The first kappa shape index (κ1) is 36.6. The van der Waals surface area contributed by atoms with Gasteiger partial charge in [0.1, 0.15) is 5.75 Å². The molecule has 12 rings (SSSR count). The highest BCUT2D eigenvalue weighted by atomic mass is 16.5. The molecule has 0 bridgehead atoms. The summed E-state index contributed by atoms with van der Waals surface area (Å²) in [7, 11) is 0. The second kappa shape index (κ2) is 15.1. The van der Waals surface area contributed by atoms with Crippen LogP contribution in [0.5, 0.6) is 11.5 Å². The molecule has 0 aromatic heterocycles. The topological polar surface area (TPSA) is 12.5 Å². The molecule has 2 aliphatic rings. The van der Waals surface area contributed by atoms with Crippen LogP contribution in [0.1, 0.15) is 22.3 Å². The molecular formula is C61H41NO. The monoisotopic (exact) mass is 803 g/mol. The van der Waals surface area contributed by atoms with E-state index in [1.54, 1.807) is 0 Å². The van der Waals surface area contributed by atoms with Crippen LogP contribution in [0.4, 0.5) is 17.1 Å². The fourth-order valence-corrected chi connectivity index (χ4v) is 10.2. The molecule has 0 saturated carbocycles. The maximum absolute atomic E-state index is 7.31. The van der Waals surface area contributed by atoms with Crippen molar-refractivity contribution in [2.45, 2.75) is 5.41 Å². The van der Waals surface area contributed by atoms with E-state index in [2.05, 4.69) is 254 Å². The largest absolute Gasteiger partial charge is 0.454 e. The maximum Gasteiger partial charge on any atom is 0.159 e. The summed E-state index contributed by atoms with van der Waals surface area (Å²) in [6.45, 7) is 0. The molecule has 1 heterocycles. The van der Waals surface area contributed by atoms with Crippen LogP contribution < -0.4 is 9.64 Å². The van der Waals surface area contributed by atoms with Gasteiger partial charge in [-0.3, -0.25) is 0 Å². The minimum Gasteiger partial charge on any atom is -0.454 e. The van der Waals surface area contributed by atoms with E-state index < -0.39 is 5.41 Å². The average Bonchev–Trinajstić information content (AvgIpc) is 3.57. The van der Waals surface area contributed by atoms with Gasteiger partial charge in [-0.05, 0) is 109 Å². The lowest BCUT2D eigenvalue weighted by molar-refractivity contribution is 0.489. The predicted octanol–water partition coefficient (Wildman–Crippen LogP) is 16.3. The first-order valence-corrected chi connectivity index (χ1v) is 21.7. The van der Waals surface area contributed by atoms with Crippen molar-refractivity contribution in [3.8, 4) is 67.1 Å². The Morgan fingerprint density at radius 2 is 0.794 bits per heavy atom. The van der Waals surface area contributed by atoms with Crippen molar-refractivity contribution < 1.29 is 4.74 Å². The lowest BCUT2D eigenvalue weighted by atomic mass is 9.67. The molecule has 63 heavy (non-hydrogen) atoms. The zero-order valence-corrected chi connectivity index (χ0v) is 34.5. The standard InChI is InChI=1S/C61H41NO/c1-5-18-42(19-6-1)44-32-35-48(36-33-44)62(49-37-38-53-52-28-15-16-30-56(52)61(57(53)41-49,46-22-9-3-10-23-46)47-24-11-4-12-25-47)58-31-17-29-54-50-26-13-14-27-51(50)55-40-45(43-20-7-2-8-21-43)34-39-59(55)63-60(54)58/h1-41H. The molecule has 2 nitrogen and oxygen atoms in total. The zero-order valence-electron chi connectivity index (χ0n) is 34.5. The van der Waals surface area contributed by atoms with E-state index in [1.165, 1.54) is 44.5 Å². The predicted molar refractivity (Wildman–Crippen MR) is 260 cm³/mol. The quantitative estimate of drug-likeness (QED) is 0.159. The van der Waals surface area contributed by atoms with Crippen molar-refractivity contribution in [2.24, 2.45) is 0 Å². The number of fused-ring (bicyclic) bond motifs is 8. The Kier molecular flexibility index (Phi) is 8.76. The summed E-state index contributed by atoms with van der Waals surface area (Å²) < 4.78 is 7.31. The summed E-state index contributed by atoms with van der Waals surface area (Å²) in [5.74, 6) is 1.63. The highest BCUT2D eigenvalue weighted by Gasteiger charge is 2.46. The molecule has 296 valence electrons. The molecule has 0 spiro atoms. The van der Waals surface area contributed by atoms with Gasteiger partial charge >= 0.3 is 0 Å². The smallest absolute Gasteiger partial charge is 0.159 e. The van der Waals surface area contributed by atoms with Gasteiger partial charge in [0.15, 0.2) is 5.75 Å². The minimum atomic E-state index is -0.550. The highest BCUT2D eigenvalue weighted by molar-refractivity contribution is 5.97. The van der Waals surface area contributed by atoms with Gasteiger partial charge in [0.05, 0.1) is 11.1 Å². The number of para-hydroxylation sites is 1. The number of hydrogen-bond donors (Lipinski definition) is 0. The van der Waals surface area contributed by atoms with Crippen molar-refractivity contribution in [1.29, 1.82) is 0 Å². The van der Waals surface area contributed by atoms with Crippen LogP contribution in [0.25, 0.3) is 55.6 Å². The Balaban J connectivity index is 1.10. The molecule has 0 N–H and O–H groups in total. The summed E-state index contributed by atoms with van der Waals surface area (Å²) in [6, 6.07) is 90.1. The van der Waals surface area contributed by atoms with E-state index in [-0.39, 0.29) is 0 Å². The van der Waals surface area contributed by atoms with Crippen molar-refractivity contribution in [2.75, 3.05) is 4.90 Å². The molecule has 0 fully saturated rings. The number of ether oxygens (including phenoxy) is 1. The minimum absolute atomic E-state index is 0.550. The van der Waals surface area contributed by atoms with Gasteiger partial charge in [-0.1, -0.05) is 206 Å². The van der Waals surface area contributed by atoms with Gasteiger partial charge in [0, 0.05) is 22.5 Å². The average molecular weight is 804 g/mol. The normalized spacial score (nSPS) is 12.7. The van der Waals surface area contributed by atoms with E-state index in [0.717, 1.165) is 61.9 Å². The van der Waals surface area contributed by atoms with E-state index in [4.69, 9.17) is 4.74 Å². The number of nitrogens with zero attached hydrogens (tertiary/aromatic N) is 1. The first-order valence-electron chi connectivity index (χ1n) is 21.7. The third-order valence-corrected chi connectivity index (χ3v) is 13.0. The highest BCUT2D eigenvalue weighted by Crippen LogP contribution is 2.58. The van der Waals surface area contributed by atoms with Crippen LogP contribution in [0, 0.1) is 0 Å². The molecule has 1 aliphatic carbocycles. The van der Waals surface area contributed by atoms with Crippen LogP contribution >= 0.6 is 0 Å². The van der Waals surface area contributed by atoms with Gasteiger partial charge in [0.2, 0.25) is 0 Å².